The summed E-state index contributed by atoms with van der Waals surface area (Å²) in [5.41, 5.74) is -1.74. The van der Waals surface area contributed by atoms with E-state index in [2.05, 4.69) is 0 Å². The molecule has 3 unspecified atom stereocenters. The summed E-state index contributed by atoms with van der Waals surface area (Å²) in [6, 6.07) is 0. The van der Waals surface area contributed by atoms with Crippen LogP contribution in [0.3, 0.4) is 0 Å². The van der Waals surface area contributed by atoms with Crippen molar-refractivity contribution >= 4 is 15.2 Å². The molecule has 0 aliphatic heterocycles. The molecule has 0 aliphatic rings. The van der Waals surface area contributed by atoms with Crippen molar-refractivity contribution in [3.05, 3.63) is 0 Å². The second-order valence-electron chi connectivity index (χ2n) is 6.29. The number of rotatable bonds is 12. The molecule has 0 saturated carbocycles. The van der Waals surface area contributed by atoms with E-state index in [0.29, 0.717) is 25.7 Å². The Balaban J connectivity index is 5.67. The Labute approximate surface area is 138 Å². The Bertz CT molecular complexity index is 431. The molecule has 0 bridgehead atoms. The molecule has 5 N–H and O–H groups in total. The third-order valence-corrected chi connectivity index (χ3v) is 7.61. The molecule has 0 heterocycles. The van der Waals surface area contributed by atoms with Crippen molar-refractivity contribution < 1.29 is 33.8 Å². The fourth-order valence-electron chi connectivity index (χ4n) is 2.88. The molecule has 0 spiro atoms. The Morgan fingerprint density at radius 3 is 1.74 bits per heavy atom. The molecule has 0 fully saturated rings. The van der Waals surface area contributed by atoms with E-state index in [9.17, 15) is 33.8 Å². The largest absolute Gasteiger partial charge is 0.377 e. The first-order valence-electron chi connectivity index (χ1n) is 8.27. The van der Waals surface area contributed by atoms with Crippen LogP contribution in [-0.4, -0.2) is 35.7 Å². The molecule has 0 rings (SSSR count). The highest BCUT2D eigenvalue weighted by Crippen LogP contribution is 2.63. The van der Waals surface area contributed by atoms with Crippen LogP contribution in [0.5, 0.6) is 0 Å². The molecule has 23 heavy (non-hydrogen) atoms. The molecule has 140 valence electrons. The monoisotopic (exact) mass is 374 g/mol. The lowest BCUT2D eigenvalue weighted by Crippen LogP contribution is -2.43. The third kappa shape index (κ3) is 6.95. The standard InChI is InChI=1S/C14H32O7P2/c1-4-7-9-12(6-3)11-14(15,23(19,20)21)13(10-8-5-2)22(16,17)18/h12-13,15H,4-11H2,1-3H3,(H2,16,17,18)(H2,19,20,21). The number of aliphatic hydroxyl groups is 1. The van der Waals surface area contributed by atoms with E-state index in [1.54, 1.807) is 0 Å². The van der Waals surface area contributed by atoms with Crippen molar-refractivity contribution in [1.82, 2.24) is 0 Å². The Morgan fingerprint density at radius 2 is 1.39 bits per heavy atom. The summed E-state index contributed by atoms with van der Waals surface area (Å²) in [7, 11) is -9.97. The Morgan fingerprint density at radius 1 is 0.913 bits per heavy atom. The lowest BCUT2D eigenvalue weighted by molar-refractivity contribution is 0.0492. The number of unbranched alkanes of at least 4 members (excludes halogenated alkanes) is 2. The zero-order chi connectivity index (χ0) is 18.3. The predicted octanol–water partition coefficient (Wildman–Crippen LogP) is 3.20. The lowest BCUT2D eigenvalue weighted by atomic mass is 9.90. The van der Waals surface area contributed by atoms with Crippen molar-refractivity contribution in [2.45, 2.75) is 83.1 Å². The summed E-state index contributed by atoms with van der Waals surface area (Å²) in [6.07, 6.45) is 3.57. The zero-order valence-electron chi connectivity index (χ0n) is 14.3. The fourth-order valence-corrected chi connectivity index (χ4v) is 5.96. The third-order valence-electron chi connectivity index (χ3n) is 4.41. The van der Waals surface area contributed by atoms with Crippen LogP contribution in [0.1, 0.15) is 72.1 Å². The van der Waals surface area contributed by atoms with E-state index >= 15 is 0 Å². The SMILES string of the molecule is CCCCC(CC)CC(O)(C(CCCC)P(=O)(O)O)P(=O)(O)O. The summed E-state index contributed by atoms with van der Waals surface area (Å²) < 4.78 is 23.7. The number of hydrogen-bond acceptors (Lipinski definition) is 3. The molecule has 0 aromatic heterocycles. The van der Waals surface area contributed by atoms with Gasteiger partial charge in [0.25, 0.3) is 0 Å². The molecule has 3 atom stereocenters. The van der Waals surface area contributed by atoms with Gasteiger partial charge in [-0.1, -0.05) is 59.3 Å². The van der Waals surface area contributed by atoms with Gasteiger partial charge in [0.2, 0.25) is 0 Å². The van der Waals surface area contributed by atoms with E-state index in [-0.39, 0.29) is 18.8 Å². The van der Waals surface area contributed by atoms with E-state index in [1.165, 1.54) is 0 Å². The molecule has 0 aromatic rings. The minimum atomic E-state index is -5.12. The minimum absolute atomic E-state index is 0.118. The van der Waals surface area contributed by atoms with Crippen LogP contribution >= 0.6 is 15.2 Å². The second kappa shape index (κ2) is 9.67. The van der Waals surface area contributed by atoms with Crippen LogP contribution in [0.4, 0.5) is 0 Å². The summed E-state index contributed by atoms with van der Waals surface area (Å²) >= 11 is 0. The molecule has 0 aromatic carbocycles. The molecule has 0 saturated heterocycles. The van der Waals surface area contributed by atoms with Crippen LogP contribution in [0.15, 0.2) is 0 Å². The first-order valence-corrected chi connectivity index (χ1v) is 11.6. The highest BCUT2D eigenvalue weighted by molar-refractivity contribution is 7.57. The topological polar surface area (TPSA) is 135 Å². The van der Waals surface area contributed by atoms with E-state index in [4.69, 9.17) is 0 Å². The highest BCUT2D eigenvalue weighted by atomic mass is 31.2. The van der Waals surface area contributed by atoms with Gasteiger partial charge in [0.15, 0.2) is 5.34 Å². The molecule has 7 nitrogen and oxygen atoms in total. The van der Waals surface area contributed by atoms with Gasteiger partial charge in [-0.15, -0.1) is 0 Å². The maximum Gasteiger partial charge on any atom is 0.357 e. The summed E-state index contributed by atoms with van der Waals surface area (Å²) in [6.45, 7) is 5.64. The fraction of sp³-hybridized carbons (Fsp3) is 1.00. The van der Waals surface area contributed by atoms with Gasteiger partial charge in [-0.2, -0.15) is 0 Å². The zero-order valence-corrected chi connectivity index (χ0v) is 16.0. The van der Waals surface area contributed by atoms with Crippen LogP contribution in [-0.2, 0) is 9.13 Å². The molecule has 9 heteroatoms. The van der Waals surface area contributed by atoms with Gasteiger partial charge in [-0.05, 0) is 18.8 Å². The van der Waals surface area contributed by atoms with Crippen LogP contribution in [0, 0.1) is 5.92 Å². The smallest absolute Gasteiger partial charge is 0.357 e. The Hall–Kier alpha value is 0.260. The van der Waals surface area contributed by atoms with Gasteiger partial charge in [-0.25, -0.2) is 0 Å². The van der Waals surface area contributed by atoms with Crippen LogP contribution in [0.2, 0.25) is 0 Å². The van der Waals surface area contributed by atoms with Crippen LogP contribution < -0.4 is 0 Å². The maximum atomic E-state index is 11.9. The van der Waals surface area contributed by atoms with Crippen molar-refractivity contribution in [1.29, 1.82) is 0 Å². The second-order valence-corrected chi connectivity index (χ2v) is 9.95. The van der Waals surface area contributed by atoms with Crippen LogP contribution in [0.25, 0.3) is 0 Å². The van der Waals surface area contributed by atoms with Gasteiger partial charge >= 0.3 is 15.2 Å². The van der Waals surface area contributed by atoms with Gasteiger partial charge in [-0.3, -0.25) is 9.13 Å². The summed E-state index contributed by atoms with van der Waals surface area (Å²) in [5.74, 6) is -0.191. The van der Waals surface area contributed by atoms with Gasteiger partial charge in [0.05, 0.1) is 0 Å². The Kier molecular flexibility index (Phi) is 9.78. The minimum Gasteiger partial charge on any atom is -0.377 e. The maximum absolute atomic E-state index is 11.9. The van der Waals surface area contributed by atoms with E-state index in [1.807, 2.05) is 20.8 Å². The summed E-state index contributed by atoms with van der Waals surface area (Å²) in [5, 5.41) is 8.03. The van der Waals surface area contributed by atoms with Gasteiger partial charge in [0, 0.05) is 0 Å². The normalized spacial score (nSPS) is 18.4. The van der Waals surface area contributed by atoms with Crippen molar-refractivity contribution in [2.24, 2.45) is 5.92 Å². The lowest BCUT2D eigenvalue weighted by Gasteiger charge is -2.38. The first kappa shape index (κ1) is 23.3. The van der Waals surface area contributed by atoms with Crippen molar-refractivity contribution in [3.63, 3.8) is 0 Å². The first-order chi connectivity index (χ1) is 10.4. The molecular formula is C14H32O7P2. The van der Waals surface area contributed by atoms with Gasteiger partial charge in [0.1, 0.15) is 5.66 Å². The average molecular weight is 374 g/mol. The highest BCUT2D eigenvalue weighted by Gasteiger charge is 2.57. The summed E-state index contributed by atoms with van der Waals surface area (Å²) in [4.78, 5) is 38.5. The van der Waals surface area contributed by atoms with E-state index in [0.717, 1.165) is 12.8 Å². The predicted molar refractivity (Wildman–Crippen MR) is 90.3 cm³/mol. The van der Waals surface area contributed by atoms with E-state index < -0.39 is 26.2 Å². The van der Waals surface area contributed by atoms with Gasteiger partial charge < -0.3 is 24.7 Å². The van der Waals surface area contributed by atoms with Crippen molar-refractivity contribution in [3.8, 4) is 0 Å². The molecule has 0 amide bonds. The molecule has 0 aliphatic carbocycles. The van der Waals surface area contributed by atoms with Crippen molar-refractivity contribution in [2.75, 3.05) is 0 Å². The average Bonchev–Trinajstić information content (AvgIpc) is 2.41. The molecule has 0 radical (unpaired) electrons. The molecular weight excluding hydrogens is 342 g/mol. The number of hydrogen-bond donors (Lipinski definition) is 5. The quantitative estimate of drug-likeness (QED) is 0.331.